The quantitative estimate of drug-likeness (QED) is 0.171. The molecule has 0 aromatic heterocycles. The molecule has 0 unspecified atom stereocenters. The predicted octanol–water partition coefficient (Wildman–Crippen LogP) is 5.11. The van der Waals surface area contributed by atoms with Gasteiger partial charge < -0.3 is 21.2 Å². The second-order valence-electron chi connectivity index (χ2n) is 12.8. The molecule has 0 radical (unpaired) electrons. The molecule has 33 heavy (non-hydrogen) atoms. The van der Waals surface area contributed by atoms with Crippen molar-refractivity contribution >= 4 is 70.9 Å². The van der Waals surface area contributed by atoms with Crippen LogP contribution < -0.4 is 0 Å². The minimum atomic E-state index is -1.40. The van der Waals surface area contributed by atoms with Crippen LogP contribution in [0.4, 0.5) is 0 Å². The predicted molar refractivity (Wildman–Crippen MR) is 171 cm³/mol. The summed E-state index contributed by atoms with van der Waals surface area (Å²) in [5, 5.41) is 0. The van der Waals surface area contributed by atoms with E-state index in [9.17, 15) is 0 Å². The summed E-state index contributed by atoms with van der Waals surface area (Å²) < 4.78 is 29.4. The van der Waals surface area contributed by atoms with Crippen LogP contribution in [0.25, 0.3) is 0 Å². The van der Waals surface area contributed by atoms with E-state index < -0.39 is 41.6 Å². The summed E-state index contributed by atoms with van der Waals surface area (Å²) in [4.78, 5) is 0. The molecule has 0 aromatic carbocycles. The maximum absolute atomic E-state index is 6.32. The Hall–Kier alpha value is 1.54. The molecule has 0 bridgehead atoms. The fraction of sp³-hybridized carbons (Fsp3) is 1.00. The van der Waals surface area contributed by atoms with Gasteiger partial charge in [-0.1, -0.05) is 0 Å². The van der Waals surface area contributed by atoms with Crippen molar-refractivity contribution in [1.29, 1.82) is 0 Å². The van der Waals surface area contributed by atoms with Crippen LogP contribution >= 0.6 is 0 Å². The van der Waals surface area contributed by atoms with Crippen molar-refractivity contribution in [3.63, 3.8) is 0 Å². The first kappa shape index (κ1) is 36.7. The van der Waals surface area contributed by atoms with E-state index in [4.69, 9.17) is 21.2 Å². The molecule has 0 N–H and O–H groups in total. The molecule has 13 heteroatoms. The van der Waals surface area contributed by atoms with E-state index >= 15 is 0 Å². The van der Waals surface area contributed by atoms with Crippen molar-refractivity contribution in [3.8, 4) is 0 Å². The van der Waals surface area contributed by atoms with Crippen molar-refractivity contribution in [3.05, 3.63) is 0 Å². The SMILES string of the molecule is CO[Si](C)(C)CC[SiH2]O[Si](C)(C)C.CO[Si](C)(C)CC[SiH2]O[Si](C)(C)CC[SiH2]O[Si](C)(C)C. The Balaban J connectivity index is 0. The third-order valence-electron chi connectivity index (χ3n) is 5.44. The largest absolute Gasteiger partial charge is 0.461 e. The fourth-order valence-corrected chi connectivity index (χ4v) is 24.7. The smallest absolute Gasteiger partial charge is 0.185 e. The molecule has 0 aliphatic rings. The Morgan fingerprint density at radius 2 is 0.697 bits per heavy atom. The van der Waals surface area contributed by atoms with Gasteiger partial charge in [0.1, 0.15) is 29.3 Å². The molecule has 0 atom stereocenters. The zero-order chi connectivity index (χ0) is 26.4. The Morgan fingerprint density at radius 1 is 0.424 bits per heavy atom. The Morgan fingerprint density at radius 3 is 0.970 bits per heavy atom. The average Bonchev–Trinajstić information content (AvgIpc) is 2.65. The molecule has 0 aromatic rings. The summed E-state index contributed by atoms with van der Waals surface area (Å²) in [5.74, 6) is 0. The molecule has 5 nitrogen and oxygen atoms in total. The summed E-state index contributed by atoms with van der Waals surface area (Å²) in [7, 11) is -3.79. The maximum atomic E-state index is 6.32. The van der Waals surface area contributed by atoms with Crippen molar-refractivity contribution in [1.82, 2.24) is 0 Å². The van der Waals surface area contributed by atoms with Gasteiger partial charge in [-0.3, -0.25) is 0 Å². The second-order valence-corrected chi connectivity index (χ2v) is 40.9. The van der Waals surface area contributed by atoms with Gasteiger partial charge in [0.15, 0.2) is 41.6 Å². The fourth-order valence-electron chi connectivity index (χ4n) is 2.88. The summed E-state index contributed by atoms with van der Waals surface area (Å²) >= 11 is 0. The first-order valence-corrected chi connectivity index (χ1v) is 33.7. The van der Waals surface area contributed by atoms with Gasteiger partial charge in [-0.15, -0.1) is 0 Å². The molecule has 0 saturated heterocycles. The summed E-state index contributed by atoms with van der Waals surface area (Å²) in [6, 6.07) is 7.69. The summed E-state index contributed by atoms with van der Waals surface area (Å²) in [5.41, 5.74) is 0. The van der Waals surface area contributed by atoms with Crippen molar-refractivity contribution in [2.24, 2.45) is 0 Å². The topological polar surface area (TPSA) is 46.2 Å². The lowest BCUT2D eigenvalue weighted by molar-refractivity contribution is 0.404. The third-order valence-corrected chi connectivity index (χ3v) is 28.9. The molecule has 0 amide bonds. The van der Waals surface area contributed by atoms with Crippen LogP contribution in [0, 0.1) is 0 Å². The van der Waals surface area contributed by atoms with Crippen LogP contribution in [0.15, 0.2) is 0 Å². The van der Waals surface area contributed by atoms with Crippen molar-refractivity contribution in [2.45, 2.75) is 115 Å². The van der Waals surface area contributed by atoms with E-state index in [0.717, 1.165) is 0 Å². The normalized spacial score (nSPS) is 14.7. The van der Waals surface area contributed by atoms with Gasteiger partial charge >= 0.3 is 0 Å². The molecular weight excluding hydrogens is 545 g/mol. The highest BCUT2D eigenvalue weighted by atomic mass is 28.4. The van der Waals surface area contributed by atoms with Crippen LogP contribution in [0.1, 0.15) is 0 Å². The minimum Gasteiger partial charge on any atom is -0.461 e. The summed E-state index contributed by atoms with van der Waals surface area (Å²) in [6.07, 6.45) is 0. The standard InChI is InChI=1S/C12H36O3Si5.C8H24O2Si3/c1-13-19(5,6)11-9-17-15-20(7,8)12-10-16-14-18(2,3)4;1-9-13(5,6)8-7-11-10-12(2,3)4/h9-12,16-17H2,1-8H3;7-8,11H2,1-6H3. The van der Waals surface area contributed by atoms with Gasteiger partial charge in [-0.25, -0.2) is 0 Å². The van der Waals surface area contributed by atoms with Crippen LogP contribution in [0.5, 0.6) is 0 Å². The Bertz CT molecular complexity index is 494. The van der Waals surface area contributed by atoms with Gasteiger partial charge in [0, 0.05) is 14.2 Å². The van der Waals surface area contributed by atoms with E-state index in [1.807, 2.05) is 14.2 Å². The highest BCUT2D eigenvalue weighted by Crippen LogP contribution is 2.17. The molecule has 0 saturated carbocycles. The van der Waals surface area contributed by atoms with E-state index in [-0.39, 0.29) is 29.3 Å². The highest BCUT2D eigenvalue weighted by molar-refractivity contribution is 6.77. The zero-order valence-corrected chi connectivity index (χ0v) is 34.1. The maximum Gasteiger partial charge on any atom is 0.185 e. The molecule has 202 valence electrons. The van der Waals surface area contributed by atoms with E-state index in [2.05, 4.69) is 78.6 Å². The van der Waals surface area contributed by atoms with Crippen LogP contribution in [-0.2, 0) is 21.2 Å². The van der Waals surface area contributed by atoms with Crippen molar-refractivity contribution in [2.75, 3.05) is 14.2 Å². The van der Waals surface area contributed by atoms with Gasteiger partial charge in [0.05, 0.1) is 0 Å². The van der Waals surface area contributed by atoms with Crippen LogP contribution in [0.2, 0.25) is 115 Å². The van der Waals surface area contributed by atoms with Gasteiger partial charge in [0.25, 0.3) is 0 Å². The van der Waals surface area contributed by atoms with E-state index in [1.165, 1.54) is 36.3 Å². The molecule has 0 aliphatic heterocycles. The van der Waals surface area contributed by atoms with Crippen molar-refractivity contribution < 1.29 is 21.2 Å². The molecule has 0 spiro atoms. The molecule has 0 heterocycles. The molecule has 0 aliphatic carbocycles. The Labute approximate surface area is 220 Å². The number of hydrogen-bond donors (Lipinski definition) is 0. The number of hydrogen-bond acceptors (Lipinski definition) is 5. The second kappa shape index (κ2) is 17.1. The van der Waals surface area contributed by atoms with Crippen LogP contribution in [0.3, 0.4) is 0 Å². The van der Waals surface area contributed by atoms with E-state index in [0.29, 0.717) is 0 Å². The Kier molecular flexibility index (Phi) is 19.0. The van der Waals surface area contributed by atoms with E-state index in [1.54, 1.807) is 0 Å². The lowest BCUT2D eigenvalue weighted by Crippen LogP contribution is -2.34. The first-order chi connectivity index (χ1) is 14.7. The third kappa shape index (κ3) is 28.0. The van der Waals surface area contributed by atoms with Gasteiger partial charge in [-0.2, -0.15) is 0 Å². The highest BCUT2D eigenvalue weighted by Gasteiger charge is 2.24. The monoisotopic (exact) mass is 604 g/mol. The van der Waals surface area contributed by atoms with Crippen LogP contribution in [-0.4, -0.2) is 85.1 Å². The number of rotatable bonds is 17. The molecule has 0 rings (SSSR count). The molecule has 0 fully saturated rings. The lowest BCUT2D eigenvalue weighted by atomic mass is 10.9. The van der Waals surface area contributed by atoms with Gasteiger partial charge in [0.2, 0.25) is 0 Å². The van der Waals surface area contributed by atoms with Gasteiger partial charge in [-0.05, 0) is 115 Å². The molecular formula is C20H60O5Si8. The first-order valence-electron chi connectivity index (χ1n) is 12.8. The average molecular weight is 605 g/mol. The minimum absolute atomic E-state index is 0.266. The lowest BCUT2D eigenvalue weighted by Gasteiger charge is -2.25. The summed E-state index contributed by atoms with van der Waals surface area (Å²) in [6.45, 7) is 27.5. The zero-order valence-electron chi connectivity index (χ0n) is 24.9.